The number of methoxy groups -OCH3 is 1. The van der Waals surface area contributed by atoms with Crippen molar-refractivity contribution in [2.24, 2.45) is 0 Å². The second-order valence-corrected chi connectivity index (χ2v) is 5.33. The van der Waals surface area contributed by atoms with Crippen molar-refractivity contribution in [3.05, 3.63) is 77.2 Å². The molecule has 128 valence electrons. The molecule has 0 fully saturated rings. The third-order valence-electron chi connectivity index (χ3n) is 3.65. The number of nitrogens with zero attached hydrogens (tertiary/aromatic N) is 2. The molecule has 0 unspecified atom stereocenters. The molecular weight excluding hydrogens is 325 g/mol. The summed E-state index contributed by atoms with van der Waals surface area (Å²) in [5.74, 6) is 0.291. The smallest absolute Gasteiger partial charge is 0.252 e. The Morgan fingerprint density at radius 2 is 1.92 bits per heavy atom. The molecule has 0 aliphatic carbocycles. The van der Waals surface area contributed by atoms with E-state index in [1.54, 1.807) is 56.5 Å². The van der Waals surface area contributed by atoms with E-state index in [4.69, 9.17) is 9.26 Å². The number of rotatable bonds is 5. The van der Waals surface area contributed by atoms with Crippen LogP contribution in [0.15, 0.2) is 53.1 Å². The van der Waals surface area contributed by atoms with Gasteiger partial charge in [-0.05, 0) is 30.3 Å². The van der Waals surface area contributed by atoms with Gasteiger partial charge in [0, 0.05) is 18.1 Å². The maximum Gasteiger partial charge on any atom is 0.252 e. The van der Waals surface area contributed by atoms with Gasteiger partial charge >= 0.3 is 0 Å². The number of hydrogen-bond donors (Lipinski definition) is 1. The second-order valence-electron chi connectivity index (χ2n) is 5.33. The lowest BCUT2D eigenvalue weighted by molar-refractivity contribution is 0.0940. The van der Waals surface area contributed by atoms with E-state index < -0.39 is 17.8 Å². The largest absolute Gasteiger partial charge is 0.497 e. The number of ether oxygens (including phenoxy) is 1. The molecule has 0 aliphatic rings. The Morgan fingerprint density at radius 1 is 1.20 bits per heavy atom. The molecule has 7 heteroatoms. The number of halogens is 1. The zero-order valence-electron chi connectivity index (χ0n) is 13.7. The molecule has 0 radical (unpaired) electrons. The van der Waals surface area contributed by atoms with Gasteiger partial charge in [0.2, 0.25) is 5.89 Å². The first kappa shape index (κ1) is 16.6. The maximum absolute atomic E-state index is 14.2. The van der Waals surface area contributed by atoms with Crippen LogP contribution >= 0.6 is 0 Å². The second kappa shape index (κ2) is 7.12. The van der Waals surface area contributed by atoms with Crippen molar-refractivity contribution in [3.8, 4) is 5.75 Å². The summed E-state index contributed by atoms with van der Waals surface area (Å²) >= 11 is 0. The Bertz CT molecular complexity index is 877. The van der Waals surface area contributed by atoms with Gasteiger partial charge in [0.1, 0.15) is 17.6 Å². The van der Waals surface area contributed by atoms with E-state index in [0.29, 0.717) is 17.2 Å². The number of aryl methyl sites for hydroxylation is 1. The summed E-state index contributed by atoms with van der Waals surface area (Å²) in [5.41, 5.74) is 0.660. The Hall–Kier alpha value is -3.22. The predicted octanol–water partition coefficient (Wildman–Crippen LogP) is 3.05. The minimum absolute atomic E-state index is 0.185. The van der Waals surface area contributed by atoms with Crippen molar-refractivity contribution in [2.45, 2.75) is 13.0 Å². The zero-order valence-corrected chi connectivity index (χ0v) is 13.7. The van der Waals surface area contributed by atoms with Crippen molar-refractivity contribution in [1.82, 2.24) is 15.5 Å². The van der Waals surface area contributed by atoms with Crippen LogP contribution in [0.5, 0.6) is 5.75 Å². The summed E-state index contributed by atoms with van der Waals surface area (Å²) in [5, 5.41) is 6.57. The molecule has 3 aromatic rings. The molecule has 0 spiro atoms. The van der Waals surface area contributed by atoms with Gasteiger partial charge in [0.05, 0.1) is 7.11 Å². The molecule has 6 nitrogen and oxygen atoms in total. The van der Waals surface area contributed by atoms with Gasteiger partial charge in [-0.1, -0.05) is 23.4 Å². The van der Waals surface area contributed by atoms with Crippen molar-refractivity contribution in [3.63, 3.8) is 0 Å². The normalized spacial score (nSPS) is 11.8. The van der Waals surface area contributed by atoms with Gasteiger partial charge in [-0.2, -0.15) is 4.98 Å². The van der Waals surface area contributed by atoms with Crippen LogP contribution in [0.3, 0.4) is 0 Å². The first-order valence-corrected chi connectivity index (χ1v) is 7.58. The summed E-state index contributed by atoms with van der Waals surface area (Å²) in [7, 11) is 1.54. The van der Waals surface area contributed by atoms with Gasteiger partial charge in [-0.15, -0.1) is 0 Å². The SMILES string of the molecule is COc1ccc(C(=O)N[C@@H](c2noc(C)n2)c2ccccc2F)cc1. The molecule has 1 aromatic heterocycles. The summed E-state index contributed by atoms with van der Waals surface area (Å²) in [4.78, 5) is 16.7. The molecular formula is C18H16FN3O3. The number of benzene rings is 2. The quantitative estimate of drug-likeness (QED) is 0.772. The Balaban J connectivity index is 1.92. The number of carbonyl (C=O) groups is 1. The lowest BCUT2D eigenvalue weighted by Crippen LogP contribution is -2.30. The Morgan fingerprint density at radius 3 is 2.52 bits per heavy atom. The van der Waals surface area contributed by atoms with Crippen molar-refractivity contribution >= 4 is 5.91 Å². The zero-order chi connectivity index (χ0) is 17.8. The fourth-order valence-corrected chi connectivity index (χ4v) is 2.38. The Labute approximate surface area is 143 Å². The highest BCUT2D eigenvalue weighted by Gasteiger charge is 2.25. The average molecular weight is 341 g/mol. The minimum atomic E-state index is -0.867. The highest BCUT2D eigenvalue weighted by Crippen LogP contribution is 2.23. The highest BCUT2D eigenvalue weighted by molar-refractivity contribution is 5.94. The molecule has 2 aromatic carbocycles. The monoisotopic (exact) mass is 341 g/mol. The van der Waals surface area contributed by atoms with Gasteiger partial charge in [0.25, 0.3) is 5.91 Å². The Kier molecular flexibility index (Phi) is 4.74. The number of aromatic nitrogens is 2. The fraction of sp³-hybridized carbons (Fsp3) is 0.167. The molecule has 0 bridgehead atoms. The summed E-state index contributed by atoms with van der Waals surface area (Å²) < 4.78 is 24.3. The van der Waals surface area contributed by atoms with Crippen molar-refractivity contribution in [1.29, 1.82) is 0 Å². The van der Waals surface area contributed by atoms with Crippen LogP contribution in [0.1, 0.15) is 33.7 Å². The average Bonchev–Trinajstić information content (AvgIpc) is 3.06. The molecule has 25 heavy (non-hydrogen) atoms. The summed E-state index contributed by atoms with van der Waals surface area (Å²) in [6, 6.07) is 11.8. The van der Waals surface area contributed by atoms with Crippen LogP contribution in [-0.4, -0.2) is 23.2 Å². The molecule has 1 N–H and O–H groups in total. The van der Waals surface area contributed by atoms with Crippen LogP contribution in [0.2, 0.25) is 0 Å². The number of amides is 1. The molecule has 1 atom stereocenters. The van der Waals surface area contributed by atoms with Gasteiger partial charge < -0.3 is 14.6 Å². The lowest BCUT2D eigenvalue weighted by atomic mass is 10.0. The molecule has 1 heterocycles. The van der Waals surface area contributed by atoms with E-state index in [0.717, 1.165) is 0 Å². The lowest BCUT2D eigenvalue weighted by Gasteiger charge is -2.16. The molecule has 0 saturated heterocycles. The van der Waals surface area contributed by atoms with Gasteiger partial charge in [0.15, 0.2) is 5.82 Å². The summed E-state index contributed by atoms with van der Waals surface area (Å²) in [6.07, 6.45) is 0. The molecule has 1 amide bonds. The van der Waals surface area contributed by atoms with E-state index in [-0.39, 0.29) is 11.4 Å². The highest BCUT2D eigenvalue weighted by atomic mass is 19.1. The number of nitrogens with one attached hydrogen (secondary N) is 1. The van der Waals surface area contributed by atoms with E-state index >= 15 is 0 Å². The van der Waals surface area contributed by atoms with Crippen molar-refractivity contribution in [2.75, 3.05) is 7.11 Å². The molecule has 0 aliphatic heterocycles. The third kappa shape index (κ3) is 3.65. The third-order valence-corrected chi connectivity index (χ3v) is 3.65. The maximum atomic E-state index is 14.2. The molecule has 0 saturated carbocycles. The number of hydrogen-bond acceptors (Lipinski definition) is 5. The van der Waals surface area contributed by atoms with Crippen LogP contribution in [0.25, 0.3) is 0 Å². The number of carbonyl (C=O) groups excluding carboxylic acids is 1. The van der Waals surface area contributed by atoms with Crippen LogP contribution in [0.4, 0.5) is 4.39 Å². The topological polar surface area (TPSA) is 77.2 Å². The molecule has 3 rings (SSSR count). The van der Waals surface area contributed by atoms with E-state index in [2.05, 4.69) is 15.5 Å². The summed E-state index contributed by atoms with van der Waals surface area (Å²) in [6.45, 7) is 1.63. The predicted molar refractivity (Wildman–Crippen MR) is 87.7 cm³/mol. The van der Waals surface area contributed by atoms with Crippen molar-refractivity contribution < 1.29 is 18.4 Å². The van der Waals surface area contributed by atoms with Crippen LogP contribution < -0.4 is 10.1 Å². The first-order chi connectivity index (χ1) is 12.1. The van der Waals surface area contributed by atoms with Crippen LogP contribution in [-0.2, 0) is 0 Å². The van der Waals surface area contributed by atoms with Gasteiger partial charge in [-0.3, -0.25) is 4.79 Å². The van der Waals surface area contributed by atoms with E-state index in [9.17, 15) is 9.18 Å². The van der Waals surface area contributed by atoms with Crippen LogP contribution in [0, 0.1) is 12.7 Å². The van der Waals surface area contributed by atoms with E-state index in [1.165, 1.54) is 6.07 Å². The van der Waals surface area contributed by atoms with E-state index in [1.807, 2.05) is 0 Å². The minimum Gasteiger partial charge on any atom is -0.497 e. The standard InChI is InChI=1S/C18H16FN3O3/c1-11-20-17(22-25-11)16(14-5-3-4-6-15(14)19)21-18(23)12-7-9-13(24-2)10-8-12/h3-10,16H,1-2H3,(H,21,23)/t16-/m1/s1. The van der Waals surface area contributed by atoms with Gasteiger partial charge in [-0.25, -0.2) is 4.39 Å². The first-order valence-electron chi connectivity index (χ1n) is 7.58. The fourth-order valence-electron chi connectivity index (χ4n) is 2.38.